The molecule has 0 unspecified atom stereocenters. The lowest BCUT2D eigenvalue weighted by atomic mass is 10.2. The van der Waals surface area contributed by atoms with Gasteiger partial charge in [0.05, 0.1) is 0 Å². The second-order valence-electron chi connectivity index (χ2n) is 7.74. The Labute approximate surface area is 191 Å². The van der Waals surface area contributed by atoms with Gasteiger partial charge in [-0.2, -0.15) is 4.98 Å². The highest BCUT2D eigenvalue weighted by atomic mass is 16.6. The molecule has 1 amide bonds. The summed E-state index contributed by atoms with van der Waals surface area (Å²) in [5.41, 5.74) is 3.40. The molecule has 0 saturated carbocycles. The van der Waals surface area contributed by atoms with Crippen LogP contribution in [0.3, 0.4) is 0 Å². The third-order valence-corrected chi connectivity index (χ3v) is 5.29. The van der Waals surface area contributed by atoms with E-state index in [1.54, 1.807) is 9.42 Å². The molecule has 4 aromatic rings. The number of rotatable bonds is 5. The summed E-state index contributed by atoms with van der Waals surface area (Å²) in [4.78, 5) is 24.0. The Balaban J connectivity index is 1.51. The Bertz CT molecular complexity index is 1350. The summed E-state index contributed by atoms with van der Waals surface area (Å²) in [6.45, 7) is 5.10. The fraction of sp³-hybridized carbons (Fsp3) is 0.200. The summed E-state index contributed by atoms with van der Waals surface area (Å²) >= 11 is 0. The molecule has 0 radical (unpaired) electrons. The van der Waals surface area contributed by atoms with Gasteiger partial charge in [-0.05, 0) is 37.6 Å². The summed E-state index contributed by atoms with van der Waals surface area (Å²) in [5.74, 6) is 1.43. The van der Waals surface area contributed by atoms with E-state index in [9.17, 15) is 4.79 Å². The molecule has 2 aromatic carbocycles. The predicted molar refractivity (Wildman–Crippen MR) is 125 cm³/mol. The van der Waals surface area contributed by atoms with Crippen molar-refractivity contribution in [3.05, 3.63) is 83.4 Å². The minimum Gasteiger partial charge on any atom is -0.486 e. The van der Waals surface area contributed by atoms with Gasteiger partial charge in [-0.15, -0.1) is 5.10 Å². The molecule has 5 rings (SSSR count). The van der Waals surface area contributed by atoms with Crippen LogP contribution in [0.25, 0.3) is 11.9 Å². The maximum absolute atomic E-state index is 13.6. The van der Waals surface area contributed by atoms with Crippen molar-refractivity contribution in [3.63, 3.8) is 0 Å². The number of ether oxygens (including phenoxy) is 2. The van der Waals surface area contributed by atoms with Crippen LogP contribution in [-0.4, -0.2) is 45.2 Å². The first-order chi connectivity index (χ1) is 16.1. The van der Waals surface area contributed by atoms with E-state index in [2.05, 4.69) is 15.1 Å². The number of carbonyl (C=O) groups excluding carboxylic acids is 1. The maximum Gasteiger partial charge on any atom is 0.298 e. The van der Waals surface area contributed by atoms with Crippen LogP contribution in [0.2, 0.25) is 0 Å². The number of amides is 1. The molecule has 1 aliphatic heterocycles. The molecule has 0 saturated heterocycles. The zero-order chi connectivity index (χ0) is 22.8. The van der Waals surface area contributed by atoms with Crippen molar-refractivity contribution in [1.82, 2.24) is 19.6 Å². The van der Waals surface area contributed by atoms with Crippen LogP contribution < -0.4 is 14.4 Å². The van der Waals surface area contributed by atoms with Crippen LogP contribution in [0.5, 0.6) is 11.5 Å². The van der Waals surface area contributed by atoms with Gasteiger partial charge in [-0.3, -0.25) is 4.79 Å². The van der Waals surface area contributed by atoms with Crippen LogP contribution in [-0.2, 0) is 0 Å². The summed E-state index contributed by atoms with van der Waals surface area (Å²) < 4.78 is 12.9. The van der Waals surface area contributed by atoms with Crippen LogP contribution >= 0.6 is 0 Å². The van der Waals surface area contributed by atoms with E-state index in [1.807, 2.05) is 80.6 Å². The second-order valence-corrected chi connectivity index (χ2v) is 7.74. The number of aromatic nitrogens is 4. The molecule has 3 heterocycles. The van der Waals surface area contributed by atoms with E-state index in [-0.39, 0.29) is 11.7 Å². The quantitative estimate of drug-likeness (QED) is 0.468. The van der Waals surface area contributed by atoms with E-state index in [1.165, 1.54) is 0 Å². The van der Waals surface area contributed by atoms with Crippen molar-refractivity contribution in [2.45, 2.75) is 13.8 Å². The number of carbonyl (C=O) groups is 1. The van der Waals surface area contributed by atoms with E-state index < -0.39 is 0 Å². The van der Waals surface area contributed by atoms with Crippen molar-refractivity contribution < 1.29 is 14.3 Å². The molecule has 0 spiro atoms. The SMILES string of the molecule is Cc1cc(C)n2nc(C(=O)N(C/C=C/c3ccccc3)c3ccc4c(c3)OCCO4)nc2n1. The van der Waals surface area contributed by atoms with Gasteiger partial charge in [0, 0.05) is 29.7 Å². The smallest absolute Gasteiger partial charge is 0.298 e. The highest BCUT2D eigenvalue weighted by Crippen LogP contribution is 2.34. The molecule has 0 atom stereocenters. The largest absolute Gasteiger partial charge is 0.486 e. The van der Waals surface area contributed by atoms with Crippen LogP contribution in [0.1, 0.15) is 27.6 Å². The molecule has 0 fully saturated rings. The van der Waals surface area contributed by atoms with Gasteiger partial charge in [0.1, 0.15) is 13.2 Å². The fourth-order valence-electron chi connectivity index (χ4n) is 3.74. The Morgan fingerprint density at radius 3 is 2.64 bits per heavy atom. The van der Waals surface area contributed by atoms with Gasteiger partial charge in [-0.25, -0.2) is 9.50 Å². The molecule has 33 heavy (non-hydrogen) atoms. The number of benzene rings is 2. The molecule has 166 valence electrons. The number of hydrogen-bond acceptors (Lipinski definition) is 6. The summed E-state index contributed by atoms with van der Waals surface area (Å²) in [7, 11) is 0. The second kappa shape index (κ2) is 8.74. The third kappa shape index (κ3) is 4.27. The Hall–Kier alpha value is -4.20. The average Bonchev–Trinajstić information content (AvgIpc) is 3.26. The van der Waals surface area contributed by atoms with E-state index in [0.29, 0.717) is 42.7 Å². The third-order valence-electron chi connectivity index (χ3n) is 5.29. The van der Waals surface area contributed by atoms with Crippen molar-refractivity contribution in [3.8, 4) is 11.5 Å². The van der Waals surface area contributed by atoms with Crippen molar-refractivity contribution in [2.75, 3.05) is 24.7 Å². The summed E-state index contributed by atoms with van der Waals surface area (Å²) in [6, 6.07) is 17.3. The molecule has 0 N–H and O–H groups in total. The minimum absolute atomic E-state index is 0.0826. The van der Waals surface area contributed by atoms with Gasteiger partial charge in [-0.1, -0.05) is 42.5 Å². The Kier molecular flexibility index (Phi) is 5.48. The van der Waals surface area contributed by atoms with Crippen molar-refractivity contribution in [2.24, 2.45) is 0 Å². The monoisotopic (exact) mass is 441 g/mol. The first-order valence-corrected chi connectivity index (χ1v) is 10.7. The number of aryl methyl sites for hydroxylation is 2. The topological polar surface area (TPSA) is 81.9 Å². The number of anilines is 1. The minimum atomic E-state index is -0.327. The first kappa shape index (κ1) is 20.7. The Morgan fingerprint density at radius 2 is 1.82 bits per heavy atom. The zero-order valence-electron chi connectivity index (χ0n) is 18.4. The first-order valence-electron chi connectivity index (χ1n) is 10.7. The normalized spacial score (nSPS) is 12.9. The lowest BCUT2D eigenvalue weighted by molar-refractivity contribution is 0.0980. The standard InChI is InChI=1S/C25H23N5O3/c1-17-15-18(2)30-25(26-17)27-23(28-30)24(31)29(12-6-9-19-7-4-3-5-8-19)20-10-11-21-22(16-20)33-14-13-32-21/h3-11,15-16H,12-14H2,1-2H3/b9-6+. The van der Waals surface area contributed by atoms with Crippen molar-refractivity contribution in [1.29, 1.82) is 0 Å². The van der Waals surface area contributed by atoms with E-state index in [4.69, 9.17) is 9.47 Å². The molecule has 8 heteroatoms. The molecule has 8 nitrogen and oxygen atoms in total. The maximum atomic E-state index is 13.6. The Morgan fingerprint density at radius 1 is 1.03 bits per heavy atom. The van der Waals surface area contributed by atoms with Gasteiger partial charge in [0.15, 0.2) is 11.5 Å². The van der Waals surface area contributed by atoms with Gasteiger partial charge < -0.3 is 14.4 Å². The number of fused-ring (bicyclic) bond motifs is 2. The highest BCUT2D eigenvalue weighted by Gasteiger charge is 2.24. The fourth-order valence-corrected chi connectivity index (χ4v) is 3.74. The van der Waals surface area contributed by atoms with Gasteiger partial charge in [0.25, 0.3) is 11.7 Å². The predicted octanol–water partition coefficient (Wildman–Crippen LogP) is 3.87. The van der Waals surface area contributed by atoms with Crippen LogP contribution in [0.4, 0.5) is 5.69 Å². The molecule has 0 bridgehead atoms. The summed E-state index contributed by atoms with van der Waals surface area (Å²) in [6.07, 6.45) is 3.91. The number of hydrogen-bond donors (Lipinski definition) is 0. The van der Waals surface area contributed by atoms with Crippen LogP contribution in [0.15, 0.2) is 60.7 Å². The molecular formula is C25H23N5O3. The van der Waals surface area contributed by atoms with Gasteiger partial charge in [0.2, 0.25) is 5.82 Å². The zero-order valence-corrected chi connectivity index (χ0v) is 18.4. The molecule has 0 aliphatic carbocycles. The van der Waals surface area contributed by atoms with E-state index in [0.717, 1.165) is 17.0 Å². The lowest BCUT2D eigenvalue weighted by Crippen LogP contribution is -2.32. The molecule has 2 aromatic heterocycles. The summed E-state index contributed by atoms with van der Waals surface area (Å²) in [5, 5.41) is 4.43. The molecular weight excluding hydrogens is 418 g/mol. The highest BCUT2D eigenvalue weighted by molar-refractivity contribution is 6.04. The average molecular weight is 441 g/mol. The van der Waals surface area contributed by atoms with Gasteiger partial charge >= 0.3 is 0 Å². The van der Waals surface area contributed by atoms with Crippen LogP contribution in [0, 0.1) is 13.8 Å². The molecule has 1 aliphatic rings. The lowest BCUT2D eigenvalue weighted by Gasteiger charge is -2.23. The number of nitrogens with zero attached hydrogens (tertiary/aromatic N) is 5. The van der Waals surface area contributed by atoms with Crippen molar-refractivity contribution >= 4 is 23.4 Å². The van der Waals surface area contributed by atoms with E-state index >= 15 is 0 Å².